The normalized spacial score (nSPS) is 18.6. The van der Waals surface area contributed by atoms with E-state index in [1.165, 1.54) is 13.8 Å². The Kier molecular flexibility index (Phi) is 7.27. The molecule has 0 amide bonds. The quantitative estimate of drug-likeness (QED) is 0.268. The number of carbonyl (C=O) groups excluding carboxylic acids is 3. The fourth-order valence-corrected chi connectivity index (χ4v) is 4.39. The number of esters is 3. The van der Waals surface area contributed by atoms with Gasteiger partial charge in [0.25, 0.3) is 0 Å². The van der Waals surface area contributed by atoms with Gasteiger partial charge in [0.1, 0.15) is 6.04 Å². The largest absolute Gasteiger partial charge is 0.465 e. The Morgan fingerprint density at radius 3 is 1.86 bits per heavy atom. The van der Waals surface area contributed by atoms with E-state index < -0.39 is 18.0 Å². The summed E-state index contributed by atoms with van der Waals surface area (Å²) in [6.07, 6.45) is 0. The Labute approximate surface area is 204 Å². The summed E-state index contributed by atoms with van der Waals surface area (Å²) >= 11 is 0. The van der Waals surface area contributed by atoms with Gasteiger partial charge in [-0.05, 0) is 35.7 Å². The Hall–Kier alpha value is -3.97. The lowest BCUT2D eigenvalue weighted by atomic mass is 9.98. The maximum Gasteiger partial charge on any atom is 0.325 e. The summed E-state index contributed by atoms with van der Waals surface area (Å²) in [4.78, 5) is 38.3. The Balaban J connectivity index is 1.78. The van der Waals surface area contributed by atoms with E-state index in [1.54, 1.807) is 25.1 Å². The van der Waals surface area contributed by atoms with E-state index in [-0.39, 0.29) is 36.2 Å². The molecular weight excluding hydrogens is 446 g/mol. The molecule has 4 rings (SSSR count). The topological polar surface area (TPSA) is 81.9 Å². The molecule has 1 aliphatic heterocycles. The van der Waals surface area contributed by atoms with Gasteiger partial charge < -0.3 is 14.2 Å². The summed E-state index contributed by atoms with van der Waals surface area (Å²) in [5.41, 5.74) is 2.81. The number of ether oxygens (including phenoxy) is 3. The summed E-state index contributed by atoms with van der Waals surface area (Å²) in [5, 5.41) is 0. The Bertz CT molecular complexity index is 1170. The van der Waals surface area contributed by atoms with E-state index >= 15 is 0 Å². The van der Waals surface area contributed by atoms with Crippen molar-refractivity contribution >= 4 is 17.9 Å². The van der Waals surface area contributed by atoms with Gasteiger partial charge in [0.05, 0.1) is 18.7 Å². The van der Waals surface area contributed by atoms with Gasteiger partial charge in [0, 0.05) is 13.8 Å². The summed E-state index contributed by atoms with van der Waals surface area (Å²) in [6, 6.07) is 23.8. The van der Waals surface area contributed by atoms with Crippen LogP contribution in [0, 0.1) is 0 Å². The van der Waals surface area contributed by atoms with Crippen LogP contribution < -0.4 is 9.47 Å². The van der Waals surface area contributed by atoms with Crippen LogP contribution in [-0.4, -0.2) is 35.5 Å². The molecule has 3 atom stereocenters. The summed E-state index contributed by atoms with van der Waals surface area (Å²) in [6.45, 7) is 4.59. The highest BCUT2D eigenvalue weighted by atomic mass is 16.6. The second-order valence-corrected chi connectivity index (χ2v) is 8.21. The molecule has 1 saturated heterocycles. The highest BCUT2D eigenvalue weighted by molar-refractivity contribution is 5.81. The minimum atomic E-state index is -0.545. The summed E-state index contributed by atoms with van der Waals surface area (Å²) in [7, 11) is 0. The maximum absolute atomic E-state index is 13.0. The van der Waals surface area contributed by atoms with Crippen molar-refractivity contribution in [2.75, 3.05) is 6.61 Å². The molecule has 0 radical (unpaired) electrons. The van der Waals surface area contributed by atoms with Crippen LogP contribution in [0.2, 0.25) is 0 Å². The lowest BCUT2D eigenvalue weighted by Crippen LogP contribution is -2.20. The molecule has 0 N–H and O–H groups in total. The van der Waals surface area contributed by atoms with Gasteiger partial charge in [0.2, 0.25) is 0 Å². The number of benzene rings is 3. The monoisotopic (exact) mass is 473 g/mol. The maximum atomic E-state index is 13.0. The van der Waals surface area contributed by atoms with E-state index in [4.69, 9.17) is 14.2 Å². The van der Waals surface area contributed by atoms with Crippen molar-refractivity contribution in [3.63, 3.8) is 0 Å². The number of carbonyl (C=O) groups is 3. The summed E-state index contributed by atoms with van der Waals surface area (Å²) < 4.78 is 15.9. The first-order valence-corrected chi connectivity index (χ1v) is 11.5. The van der Waals surface area contributed by atoms with Crippen molar-refractivity contribution in [2.45, 2.75) is 38.9 Å². The first-order valence-electron chi connectivity index (χ1n) is 11.5. The van der Waals surface area contributed by atoms with Crippen LogP contribution in [0.3, 0.4) is 0 Å². The van der Waals surface area contributed by atoms with E-state index in [0.29, 0.717) is 0 Å². The third kappa shape index (κ3) is 5.41. The lowest BCUT2D eigenvalue weighted by molar-refractivity contribution is -0.143. The molecule has 7 nitrogen and oxygen atoms in total. The highest BCUT2D eigenvalue weighted by Crippen LogP contribution is 2.53. The van der Waals surface area contributed by atoms with Crippen LogP contribution in [0.25, 0.3) is 0 Å². The number of rotatable bonds is 8. The molecule has 3 aromatic carbocycles. The molecule has 1 heterocycles. The third-order valence-corrected chi connectivity index (χ3v) is 5.73. The predicted octanol–water partition coefficient (Wildman–Crippen LogP) is 4.62. The van der Waals surface area contributed by atoms with Crippen molar-refractivity contribution in [2.24, 2.45) is 0 Å². The smallest absolute Gasteiger partial charge is 0.325 e. The second kappa shape index (κ2) is 10.5. The molecule has 0 aromatic heterocycles. The SMILES string of the molecule is CCOC(=O)[C@H]1[C@@H](c2ccc(OC(C)=O)c(OC(C)=O)c2)N1C(c1ccccc1)c1ccccc1. The molecule has 0 spiro atoms. The van der Waals surface area contributed by atoms with Crippen molar-refractivity contribution in [3.05, 3.63) is 95.6 Å². The first-order chi connectivity index (χ1) is 16.9. The highest BCUT2D eigenvalue weighted by Gasteiger charge is 2.58. The van der Waals surface area contributed by atoms with Crippen LogP contribution in [0.1, 0.15) is 49.5 Å². The fraction of sp³-hybridized carbons (Fsp3) is 0.250. The van der Waals surface area contributed by atoms with Crippen LogP contribution in [0.15, 0.2) is 78.9 Å². The molecule has 180 valence electrons. The Morgan fingerprint density at radius 1 is 0.800 bits per heavy atom. The second-order valence-electron chi connectivity index (χ2n) is 8.21. The van der Waals surface area contributed by atoms with E-state index in [0.717, 1.165) is 16.7 Å². The van der Waals surface area contributed by atoms with E-state index in [1.807, 2.05) is 60.7 Å². The van der Waals surface area contributed by atoms with E-state index in [2.05, 4.69) is 4.90 Å². The van der Waals surface area contributed by atoms with E-state index in [9.17, 15) is 14.4 Å². The van der Waals surface area contributed by atoms with Crippen LogP contribution >= 0.6 is 0 Å². The lowest BCUT2D eigenvalue weighted by Gasteiger charge is -2.21. The van der Waals surface area contributed by atoms with Gasteiger partial charge in [0.15, 0.2) is 11.5 Å². The number of hydrogen-bond acceptors (Lipinski definition) is 7. The molecular formula is C28H27NO6. The minimum absolute atomic E-state index is 0.121. The van der Waals surface area contributed by atoms with Crippen molar-refractivity contribution in [1.29, 1.82) is 0 Å². The molecule has 0 bridgehead atoms. The Morgan fingerprint density at radius 2 is 1.34 bits per heavy atom. The average molecular weight is 474 g/mol. The zero-order chi connectivity index (χ0) is 24.9. The number of hydrogen-bond donors (Lipinski definition) is 0. The van der Waals surface area contributed by atoms with Gasteiger partial charge in [-0.25, -0.2) is 0 Å². The van der Waals surface area contributed by atoms with Crippen LogP contribution in [0.5, 0.6) is 11.5 Å². The van der Waals surface area contributed by atoms with Gasteiger partial charge in [-0.2, -0.15) is 0 Å². The number of nitrogens with zero attached hydrogens (tertiary/aromatic N) is 1. The molecule has 7 heteroatoms. The van der Waals surface area contributed by atoms with Gasteiger partial charge in [-0.15, -0.1) is 0 Å². The molecule has 0 aliphatic carbocycles. The van der Waals surface area contributed by atoms with Crippen LogP contribution in [0.4, 0.5) is 0 Å². The molecule has 3 aromatic rings. The standard InChI is InChI=1S/C28H27NO6/c1-4-33-28(32)27-26(22-15-16-23(34-18(2)30)24(17-22)35-19(3)31)29(27)25(20-11-7-5-8-12-20)21-13-9-6-10-14-21/h5-17,25-27H,4H2,1-3H3/t26-,27-,29?/m1/s1. The third-order valence-electron chi connectivity index (χ3n) is 5.73. The van der Waals surface area contributed by atoms with Crippen molar-refractivity contribution in [3.8, 4) is 11.5 Å². The van der Waals surface area contributed by atoms with Gasteiger partial charge in [-0.3, -0.25) is 19.3 Å². The minimum Gasteiger partial charge on any atom is -0.465 e. The average Bonchev–Trinajstić information content (AvgIpc) is 3.56. The van der Waals surface area contributed by atoms with Gasteiger partial charge >= 0.3 is 17.9 Å². The summed E-state index contributed by atoms with van der Waals surface area (Å²) in [5.74, 6) is -1.14. The fourth-order valence-electron chi connectivity index (χ4n) is 4.39. The zero-order valence-electron chi connectivity index (χ0n) is 19.8. The first kappa shape index (κ1) is 24.2. The predicted molar refractivity (Wildman–Crippen MR) is 129 cm³/mol. The van der Waals surface area contributed by atoms with Crippen molar-refractivity contribution < 1.29 is 28.6 Å². The molecule has 1 fully saturated rings. The van der Waals surface area contributed by atoms with Crippen LogP contribution in [-0.2, 0) is 19.1 Å². The molecule has 1 aliphatic rings. The van der Waals surface area contributed by atoms with Gasteiger partial charge in [-0.1, -0.05) is 66.7 Å². The zero-order valence-corrected chi connectivity index (χ0v) is 19.8. The van der Waals surface area contributed by atoms with Crippen molar-refractivity contribution in [1.82, 2.24) is 4.90 Å². The molecule has 35 heavy (non-hydrogen) atoms. The molecule has 1 unspecified atom stereocenters. The molecule has 0 saturated carbocycles.